The zero-order valence-electron chi connectivity index (χ0n) is 20.7. The summed E-state index contributed by atoms with van der Waals surface area (Å²) in [5, 5.41) is 21.6. The number of nitrogens with one attached hydrogen (secondary N) is 2. The quantitative estimate of drug-likeness (QED) is 0.185. The second-order valence-corrected chi connectivity index (χ2v) is 8.37. The van der Waals surface area contributed by atoms with E-state index in [4.69, 9.17) is 20.6 Å². The highest BCUT2D eigenvalue weighted by Crippen LogP contribution is 2.36. The number of halogens is 1. The molecule has 38 heavy (non-hydrogen) atoms. The number of methoxy groups -OCH3 is 1. The number of hydrogen-bond donors (Lipinski definition) is 4. The van der Waals surface area contributed by atoms with Crippen LogP contribution in [0.1, 0.15) is 45.7 Å². The lowest BCUT2D eigenvalue weighted by atomic mass is 9.90. The van der Waals surface area contributed by atoms with Crippen molar-refractivity contribution in [1.29, 1.82) is 5.41 Å². The number of ether oxygens (including phenoxy) is 2. The number of hydrogen-bond acceptors (Lipinski definition) is 6. The molecule has 1 atom stereocenters. The van der Waals surface area contributed by atoms with Crippen molar-refractivity contribution in [3.05, 3.63) is 105 Å². The molecule has 0 amide bonds. The van der Waals surface area contributed by atoms with Crippen molar-refractivity contribution < 1.29 is 23.8 Å². The van der Waals surface area contributed by atoms with Crippen molar-refractivity contribution in [2.24, 2.45) is 5.73 Å². The molecular formula is C27H26FN5O5. The number of nitrogens with zero attached hydrogens (tertiary/aromatic N) is 2. The summed E-state index contributed by atoms with van der Waals surface area (Å²) < 4.78 is 27.3. The van der Waals surface area contributed by atoms with Gasteiger partial charge in [-0.25, -0.2) is 14.0 Å². The van der Waals surface area contributed by atoms with E-state index in [0.717, 1.165) is 10.2 Å². The zero-order chi connectivity index (χ0) is 27.4. The third-order valence-electron chi connectivity index (χ3n) is 5.99. The van der Waals surface area contributed by atoms with E-state index < -0.39 is 23.4 Å². The van der Waals surface area contributed by atoms with Crippen LogP contribution in [-0.4, -0.2) is 45.4 Å². The smallest absolute Gasteiger partial charge is 0.348 e. The molecule has 11 heteroatoms. The molecule has 0 aliphatic carbocycles. The summed E-state index contributed by atoms with van der Waals surface area (Å²) in [6.07, 6.45) is 0.209. The van der Waals surface area contributed by atoms with Crippen LogP contribution in [0, 0.1) is 11.2 Å². The Hall–Kier alpha value is -4.93. The number of nitrogen functional groups attached to an aromatic ring is 1. The summed E-state index contributed by atoms with van der Waals surface area (Å²) in [4.78, 5) is 27.4. The first-order valence-corrected chi connectivity index (χ1v) is 11.7. The van der Waals surface area contributed by atoms with E-state index >= 15 is 4.39 Å². The lowest BCUT2D eigenvalue weighted by Crippen LogP contribution is -2.18. The first kappa shape index (κ1) is 26.1. The van der Waals surface area contributed by atoms with E-state index in [-0.39, 0.29) is 40.6 Å². The van der Waals surface area contributed by atoms with E-state index in [2.05, 4.69) is 10.1 Å². The van der Waals surface area contributed by atoms with Gasteiger partial charge in [0.15, 0.2) is 11.5 Å². The lowest BCUT2D eigenvalue weighted by molar-refractivity contribution is 0.0696. The van der Waals surface area contributed by atoms with Gasteiger partial charge in [0.2, 0.25) is 0 Å². The van der Waals surface area contributed by atoms with E-state index in [9.17, 15) is 14.7 Å². The SMILES string of the molecule is CCOc1cc(C(Cc2ccc(C(=N)N)cc2)c2nn(-c3ccccc3C(=O)O)c(=O)[nH]2)c(F)cc1OC. The van der Waals surface area contributed by atoms with Gasteiger partial charge in [-0.15, -0.1) is 5.10 Å². The van der Waals surface area contributed by atoms with Crippen LogP contribution in [-0.2, 0) is 6.42 Å². The average Bonchev–Trinajstić information content (AvgIpc) is 3.29. The molecule has 0 spiro atoms. The Kier molecular flexibility index (Phi) is 7.56. The lowest BCUT2D eigenvalue weighted by Gasteiger charge is -2.19. The zero-order valence-corrected chi connectivity index (χ0v) is 20.7. The molecule has 1 unspecified atom stereocenters. The Morgan fingerprint density at radius 3 is 2.53 bits per heavy atom. The summed E-state index contributed by atoms with van der Waals surface area (Å²) in [6.45, 7) is 2.10. The van der Waals surface area contributed by atoms with Crippen LogP contribution in [0.4, 0.5) is 4.39 Å². The predicted molar refractivity (Wildman–Crippen MR) is 138 cm³/mol. The molecule has 4 aromatic rings. The molecule has 0 radical (unpaired) electrons. The molecule has 3 aromatic carbocycles. The second kappa shape index (κ2) is 11.0. The fourth-order valence-electron chi connectivity index (χ4n) is 4.16. The average molecular weight is 520 g/mol. The van der Waals surface area contributed by atoms with Crippen LogP contribution in [0.25, 0.3) is 5.69 Å². The fraction of sp³-hybridized carbons (Fsp3) is 0.185. The monoisotopic (exact) mass is 519 g/mol. The number of rotatable bonds is 10. The van der Waals surface area contributed by atoms with Crippen molar-refractivity contribution in [2.45, 2.75) is 19.3 Å². The molecule has 196 valence electrons. The molecule has 0 bridgehead atoms. The third-order valence-corrected chi connectivity index (χ3v) is 5.99. The fourth-order valence-corrected chi connectivity index (χ4v) is 4.16. The molecule has 4 rings (SSSR count). The third kappa shape index (κ3) is 5.26. The normalized spacial score (nSPS) is 11.7. The first-order chi connectivity index (χ1) is 18.2. The van der Waals surface area contributed by atoms with Crippen LogP contribution in [0.3, 0.4) is 0 Å². The largest absolute Gasteiger partial charge is 0.493 e. The van der Waals surface area contributed by atoms with Gasteiger partial charge >= 0.3 is 11.7 Å². The number of aromatic carboxylic acids is 1. The summed E-state index contributed by atoms with van der Waals surface area (Å²) in [5.41, 5.74) is 6.32. The van der Waals surface area contributed by atoms with Gasteiger partial charge in [0.1, 0.15) is 17.5 Å². The summed E-state index contributed by atoms with van der Waals surface area (Å²) in [5.74, 6) is -2.05. The maximum Gasteiger partial charge on any atom is 0.348 e. The highest BCUT2D eigenvalue weighted by molar-refractivity contribution is 5.94. The summed E-state index contributed by atoms with van der Waals surface area (Å²) in [6, 6.07) is 15.5. The molecule has 1 aromatic heterocycles. The first-order valence-electron chi connectivity index (χ1n) is 11.7. The van der Waals surface area contributed by atoms with E-state index in [1.54, 1.807) is 43.3 Å². The highest BCUT2D eigenvalue weighted by Gasteiger charge is 2.26. The summed E-state index contributed by atoms with van der Waals surface area (Å²) in [7, 11) is 1.41. The van der Waals surface area contributed by atoms with Crippen molar-refractivity contribution in [3.63, 3.8) is 0 Å². The molecule has 0 aliphatic heterocycles. The molecule has 0 saturated carbocycles. The van der Waals surface area contributed by atoms with E-state index in [1.165, 1.54) is 31.4 Å². The minimum Gasteiger partial charge on any atom is -0.493 e. The van der Waals surface area contributed by atoms with Gasteiger partial charge in [0.25, 0.3) is 0 Å². The van der Waals surface area contributed by atoms with Gasteiger partial charge in [0, 0.05) is 17.2 Å². The van der Waals surface area contributed by atoms with Gasteiger partial charge in [-0.05, 0) is 37.1 Å². The summed E-state index contributed by atoms with van der Waals surface area (Å²) >= 11 is 0. The van der Waals surface area contributed by atoms with Crippen LogP contribution in [0.2, 0.25) is 0 Å². The molecule has 0 aliphatic rings. The van der Waals surface area contributed by atoms with Crippen molar-refractivity contribution in [1.82, 2.24) is 14.8 Å². The van der Waals surface area contributed by atoms with Crippen molar-refractivity contribution >= 4 is 11.8 Å². The van der Waals surface area contributed by atoms with Crippen LogP contribution in [0.15, 0.2) is 65.5 Å². The van der Waals surface area contributed by atoms with Gasteiger partial charge in [-0.2, -0.15) is 4.68 Å². The number of H-pyrrole nitrogens is 1. The predicted octanol–water partition coefficient (Wildman–Crippen LogP) is 3.46. The minimum atomic E-state index is -1.22. The molecule has 1 heterocycles. The number of aromatic amines is 1. The van der Waals surface area contributed by atoms with E-state index in [0.29, 0.717) is 17.9 Å². The number of para-hydroxylation sites is 1. The number of aromatic nitrogens is 3. The number of carboxylic acids is 1. The Labute approximate surface area is 217 Å². The molecule has 0 saturated heterocycles. The Bertz CT molecular complexity index is 1540. The molecule has 0 fully saturated rings. The van der Waals surface area contributed by atoms with E-state index in [1.807, 2.05) is 0 Å². The second-order valence-electron chi connectivity index (χ2n) is 8.37. The number of nitrogens with two attached hydrogens (primary N) is 1. The Morgan fingerprint density at radius 1 is 1.18 bits per heavy atom. The van der Waals surface area contributed by atoms with Gasteiger partial charge in [-0.3, -0.25) is 10.4 Å². The van der Waals surface area contributed by atoms with Gasteiger partial charge < -0.3 is 20.3 Å². The van der Waals surface area contributed by atoms with Crippen molar-refractivity contribution in [2.75, 3.05) is 13.7 Å². The number of carbonyl (C=O) groups is 1. The number of amidine groups is 1. The Balaban J connectivity index is 1.87. The number of carboxylic acid groups (broad SMARTS) is 1. The van der Waals surface area contributed by atoms with Crippen molar-refractivity contribution in [3.8, 4) is 17.2 Å². The van der Waals surface area contributed by atoms with Gasteiger partial charge in [-0.1, -0.05) is 36.4 Å². The standard InChI is InChI=1S/C27H26FN5O5/c1-3-38-23-13-18(20(28)14-22(23)37-2)19(12-15-8-10-16(11-9-15)24(29)30)25-31-27(36)33(32-25)21-7-5-4-6-17(21)26(34)35/h4-11,13-14,19H,3,12H2,1-2H3,(H3,29,30)(H,34,35)(H,31,32,36). The number of benzene rings is 3. The minimum absolute atomic E-state index is 0.0715. The van der Waals surface area contributed by atoms with Crippen LogP contribution < -0.4 is 20.9 Å². The molecule has 10 nitrogen and oxygen atoms in total. The maximum absolute atomic E-state index is 15.5. The topological polar surface area (TPSA) is 156 Å². The molecule has 5 N–H and O–H groups in total. The van der Waals surface area contributed by atoms with Crippen LogP contribution >= 0.6 is 0 Å². The Morgan fingerprint density at radius 2 is 1.89 bits per heavy atom. The van der Waals surface area contributed by atoms with Gasteiger partial charge in [0.05, 0.1) is 30.9 Å². The maximum atomic E-state index is 15.5. The highest BCUT2D eigenvalue weighted by atomic mass is 19.1. The van der Waals surface area contributed by atoms with Crippen LogP contribution in [0.5, 0.6) is 11.5 Å². The molecular weight excluding hydrogens is 493 g/mol.